The summed E-state index contributed by atoms with van der Waals surface area (Å²) in [4.78, 5) is 26.5. The third-order valence-electron chi connectivity index (χ3n) is 6.95. The molecule has 2 aromatic carbocycles. The van der Waals surface area contributed by atoms with Gasteiger partial charge in [0.2, 0.25) is 5.96 Å². The van der Waals surface area contributed by atoms with Gasteiger partial charge in [-0.3, -0.25) is 9.69 Å². The molecule has 3 aliphatic heterocycles. The second kappa shape index (κ2) is 9.70. The van der Waals surface area contributed by atoms with E-state index in [9.17, 15) is 9.18 Å². The smallest absolute Gasteiger partial charge is 0.279 e. The van der Waals surface area contributed by atoms with E-state index < -0.39 is 0 Å². The molecule has 9 nitrogen and oxygen atoms in total. The van der Waals surface area contributed by atoms with Crippen LogP contribution in [-0.2, 0) is 14.3 Å². The minimum atomic E-state index is -0.372. The number of hydrogen-bond donors (Lipinski definition) is 0. The van der Waals surface area contributed by atoms with Crippen LogP contribution in [0.1, 0.15) is 36.2 Å². The highest BCUT2D eigenvalue weighted by molar-refractivity contribution is 6.14. The van der Waals surface area contributed by atoms with Crippen LogP contribution in [0.3, 0.4) is 0 Å². The fraction of sp³-hybridized carbons (Fsp3) is 0.321. The molecule has 196 valence electrons. The van der Waals surface area contributed by atoms with Gasteiger partial charge >= 0.3 is 0 Å². The Bertz CT molecular complexity index is 1430. The largest absolute Gasteiger partial charge is 0.495 e. The van der Waals surface area contributed by atoms with Crippen LogP contribution in [0, 0.1) is 12.7 Å². The molecule has 0 saturated carbocycles. The standard InChI is InChI=1S/C28H28FN5O4/c1-17-14-33(16-30-17)24-9-4-19(13-25(24)36-3)12-22-27(35)34-23(20-5-7-21(29)8-6-20)10-11-32(28(34)31-22)15-26-37-18(2)38-26/h4-9,12-14,16,18,23,26H,10-11,15H2,1-3H3/b22-12-. The van der Waals surface area contributed by atoms with Gasteiger partial charge in [0.05, 0.1) is 37.4 Å². The molecule has 0 radical (unpaired) electrons. The Morgan fingerprint density at radius 2 is 1.97 bits per heavy atom. The zero-order valence-corrected chi connectivity index (χ0v) is 21.4. The van der Waals surface area contributed by atoms with E-state index in [1.54, 1.807) is 36.5 Å². The molecule has 3 aromatic rings. The highest BCUT2D eigenvalue weighted by Gasteiger charge is 2.44. The van der Waals surface area contributed by atoms with Gasteiger partial charge in [0.15, 0.2) is 12.6 Å². The number of aryl methyl sites for hydroxylation is 1. The van der Waals surface area contributed by atoms with Gasteiger partial charge in [0.25, 0.3) is 5.91 Å². The van der Waals surface area contributed by atoms with Crippen molar-refractivity contribution in [3.05, 3.63) is 83.3 Å². The lowest BCUT2D eigenvalue weighted by Gasteiger charge is -2.43. The second-order valence-electron chi connectivity index (χ2n) is 9.54. The Balaban J connectivity index is 1.33. The lowest BCUT2D eigenvalue weighted by molar-refractivity contribution is -0.376. The molecule has 38 heavy (non-hydrogen) atoms. The Morgan fingerprint density at radius 1 is 1.18 bits per heavy atom. The van der Waals surface area contributed by atoms with E-state index in [1.807, 2.05) is 47.7 Å². The average molecular weight is 518 g/mol. The number of carbonyl (C=O) groups is 1. The predicted octanol–water partition coefficient (Wildman–Crippen LogP) is 4.03. The molecular formula is C28H28FN5O4. The van der Waals surface area contributed by atoms with Crippen molar-refractivity contribution in [2.24, 2.45) is 4.99 Å². The molecule has 1 aromatic heterocycles. The summed E-state index contributed by atoms with van der Waals surface area (Å²) in [5.74, 6) is 0.666. The van der Waals surface area contributed by atoms with Gasteiger partial charge in [0.1, 0.15) is 17.3 Å². The van der Waals surface area contributed by atoms with Crippen molar-refractivity contribution in [2.75, 3.05) is 20.2 Å². The Morgan fingerprint density at radius 3 is 2.66 bits per heavy atom. The number of fused-ring (bicyclic) bond motifs is 1. The number of amides is 1. The van der Waals surface area contributed by atoms with Crippen molar-refractivity contribution >= 4 is 17.9 Å². The first-order valence-corrected chi connectivity index (χ1v) is 12.5. The molecule has 2 fully saturated rings. The number of carbonyl (C=O) groups excluding carboxylic acids is 1. The van der Waals surface area contributed by atoms with E-state index in [0.29, 0.717) is 36.9 Å². The van der Waals surface area contributed by atoms with Crippen molar-refractivity contribution in [3.8, 4) is 11.4 Å². The Labute approximate surface area is 219 Å². The third-order valence-corrected chi connectivity index (χ3v) is 6.95. The maximum Gasteiger partial charge on any atom is 0.279 e. The number of ether oxygens (including phenoxy) is 3. The zero-order chi connectivity index (χ0) is 26.4. The number of rotatable bonds is 6. The van der Waals surface area contributed by atoms with Crippen LogP contribution in [0.25, 0.3) is 11.8 Å². The molecule has 6 rings (SSSR count). The number of imidazole rings is 1. The molecule has 2 saturated heterocycles. The van der Waals surface area contributed by atoms with E-state index in [4.69, 9.17) is 19.2 Å². The van der Waals surface area contributed by atoms with Gasteiger partial charge in [-0.1, -0.05) is 18.2 Å². The van der Waals surface area contributed by atoms with E-state index >= 15 is 0 Å². The minimum absolute atomic E-state index is 0.212. The minimum Gasteiger partial charge on any atom is -0.495 e. The SMILES string of the molecule is COc1cc(/C=C2\N=C3N(CC4OC(C)O4)CCC(c4ccc(F)cc4)N3C2=O)ccc1-n1cnc(C)c1. The normalized spacial score (nSPS) is 23.9. The summed E-state index contributed by atoms with van der Waals surface area (Å²) in [7, 11) is 1.61. The number of guanidine groups is 1. The zero-order valence-electron chi connectivity index (χ0n) is 21.4. The van der Waals surface area contributed by atoms with Gasteiger partial charge in [-0.05, 0) is 61.7 Å². The van der Waals surface area contributed by atoms with Crippen LogP contribution in [-0.4, -0.2) is 64.0 Å². The number of aromatic nitrogens is 2. The monoisotopic (exact) mass is 517 g/mol. The molecular weight excluding hydrogens is 489 g/mol. The summed E-state index contributed by atoms with van der Waals surface area (Å²) in [6.07, 6.45) is 5.47. The molecule has 0 spiro atoms. The van der Waals surface area contributed by atoms with Crippen LogP contribution in [0.2, 0.25) is 0 Å². The van der Waals surface area contributed by atoms with Crippen LogP contribution < -0.4 is 4.74 Å². The van der Waals surface area contributed by atoms with E-state index in [0.717, 1.165) is 22.5 Å². The maximum atomic E-state index is 13.7. The lowest BCUT2D eigenvalue weighted by Crippen LogP contribution is -2.56. The molecule has 0 N–H and O–H groups in total. The summed E-state index contributed by atoms with van der Waals surface area (Å²) in [6, 6.07) is 11.7. The van der Waals surface area contributed by atoms with Gasteiger partial charge in [0, 0.05) is 12.7 Å². The van der Waals surface area contributed by atoms with Crippen molar-refractivity contribution in [2.45, 2.75) is 38.9 Å². The van der Waals surface area contributed by atoms with Crippen LogP contribution in [0.4, 0.5) is 4.39 Å². The molecule has 1 amide bonds. The Kier molecular flexibility index (Phi) is 6.21. The van der Waals surface area contributed by atoms with Crippen LogP contribution in [0.5, 0.6) is 5.75 Å². The number of benzene rings is 2. The summed E-state index contributed by atoms with van der Waals surface area (Å²) >= 11 is 0. The van der Waals surface area contributed by atoms with Gasteiger partial charge in [-0.15, -0.1) is 0 Å². The highest BCUT2D eigenvalue weighted by atomic mass is 19.1. The number of nitrogens with zero attached hydrogens (tertiary/aromatic N) is 5. The topological polar surface area (TPSA) is 81.4 Å². The highest BCUT2D eigenvalue weighted by Crippen LogP contribution is 2.37. The quantitative estimate of drug-likeness (QED) is 0.460. The molecule has 0 bridgehead atoms. The van der Waals surface area contributed by atoms with Crippen molar-refractivity contribution in [1.29, 1.82) is 0 Å². The van der Waals surface area contributed by atoms with E-state index in [2.05, 4.69) is 4.98 Å². The van der Waals surface area contributed by atoms with Gasteiger partial charge in [-0.2, -0.15) is 0 Å². The van der Waals surface area contributed by atoms with Gasteiger partial charge in [-0.25, -0.2) is 14.4 Å². The maximum absolute atomic E-state index is 13.7. The first-order valence-electron chi connectivity index (χ1n) is 12.5. The Hall–Kier alpha value is -4.02. The van der Waals surface area contributed by atoms with Gasteiger partial charge < -0.3 is 23.7 Å². The molecule has 1 unspecified atom stereocenters. The summed E-state index contributed by atoms with van der Waals surface area (Å²) in [6.45, 7) is 4.88. The second-order valence-corrected chi connectivity index (χ2v) is 9.54. The number of methoxy groups -OCH3 is 1. The van der Waals surface area contributed by atoms with Crippen LogP contribution >= 0.6 is 0 Å². The molecule has 10 heteroatoms. The lowest BCUT2D eigenvalue weighted by atomic mass is 9.99. The first-order chi connectivity index (χ1) is 18.4. The summed E-state index contributed by atoms with van der Waals surface area (Å²) < 4.78 is 32.4. The first kappa shape index (κ1) is 24.3. The van der Waals surface area contributed by atoms with Crippen molar-refractivity contribution < 1.29 is 23.4 Å². The number of aliphatic imine (C=N–C) groups is 1. The number of halogens is 1. The average Bonchev–Trinajstić information content (AvgIpc) is 3.47. The van der Waals surface area contributed by atoms with Crippen molar-refractivity contribution in [3.63, 3.8) is 0 Å². The fourth-order valence-electron chi connectivity index (χ4n) is 5.11. The van der Waals surface area contributed by atoms with E-state index in [1.165, 1.54) is 12.1 Å². The predicted molar refractivity (Wildman–Crippen MR) is 138 cm³/mol. The van der Waals surface area contributed by atoms with Crippen LogP contribution in [0.15, 0.2) is 65.7 Å². The third kappa shape index (κ3) is 4.46. The molecule has 0 aliphatic carbocycles. The molecule has 3 aliphatic rings. The summed E-state index contributed by atoms with van der Waals surface area (Å²) in [5, 5.41) is 0. The fourth-order valence-corrected chi connectivity index (χ4v) is 5.11. The van der Waals surface area contributed by atoms with Crippen molar-refractivity contribution in [1.82, 2.24) is 19.4 Å². The number of hydrogen-bond acceptors (Lipinski definition) is 7. The molecule has 1 atom stereocenters. The molecule has 4 heterocycles. The summed E-state index contributed by atoms with van der Waals surface area (Å²) in [5.41, 5.74) is 3.69. The van der Waals surface area contributed by atoms with E-state index in [-0.39, 0.29) is 30.3 Å².